The van der Waals surface area contributed by atoms with Crippen LogP contribution in [0.1, 0.15) is 15.9 Å². The molecule has 0 aliphatic heterocycles. The number of aromatic nitrogens is 2. The van der Waals surface area contributed by atoms with E-state index in [1.54, 1.807) is 6.92 Å². The first-order valence-corrected chi connectivity index (χ1v) is 5.52. The minimum atomic E-state index is -0.330. The summed E-state index contributed by atoms with van der Waals surface area (Å²) in [6.07, 6.45) is 2.78. The molecule has 0 saturated heterocycles. The van der Waals surface area contributed by atoms with Gasteiger partial charge in [0.1, 0.15) is 10.9 Å². The number of hydrogen-bond donors (Lipinski definition) is 2. The third-order valence-corrected chi connectivity index (χ3v) is 2.48. The van der Waals surface area contributed by atoms with Crippen molar-refractivity contribution >= 4 is 23.3 Å². The van der Waals surface area contributed by atoms with E-state index in [1.165, 1.54) is 30.6 Å². The lowest BCUT2D eigenvalue weighted by Gasteiger charge is -2.07. The standard InChI is InChI=1S/C12H10ClN3O2/c1-7-4-8(17)2-3-9(7)12(18)16-11-6-14-5-10(13)15-11/h2-6,17H,1H3,(H,15,16,18). The summed E-state index contributed by atoms with van der Waals surface area (Å²) in [6, 6.07) is 4.50. The number of aryl methyl sites for hydroxylation is 1. The predicted molar refractivity (Wildman–Crippen MR) is 67.8 cm³/mol. The van der Waals surface area contributed by atoms with E-state index in [0.29, 0.717) is 11.1 Å². The van der Waals surface area contributed by atoms with Gasteiger partial charge in [0.05, 0.1) is 12.4 Å². The van der Waals surface area contributed by atoms with Crippen LogP contribution in [-0.2, 0) is 0 Å². The van der Waals surface area contributed by atoms with Gasteiger partial charge < -0.3 is 10.4 Å². The lowest BCUT2D eigenvalue weighted by Crippen LogP contribution is -2.14. The number of hydrogen-bond acceptors (Lipinski definition) is 4. The third-order valence-electron chi connectivity index (χ3n) is 2.30. The van der Waals surface area contributed by atoms with Crippen molar-refractivity contribution in [2.75, 3.05) is 5.32 Å². The minimum Gasteiger partial charge on any atom is -0.508 e. The molecule has 0 bridgehead atoms. The molecule has 0 aliphatic rings. The van der Waals surface area contributed by atoms with E-state index in [2.05, 4.69) is 15.3 Å². The third kappa shape index (κ3) is 2.75. The Labute approximate surface area is 108 Å². The van der Waals surface area contributed by atoms with Gasteiger partial charge in [-0.3, -0.25) is 9.78 Å². The molecular weight excluding hydrogens is 254 g/mol. The highest BCUT2D eigenvalue weighted by atomic mass is 35.5. The van der Waals surface area contributed by atoms with Crippen LogP contribution in [0.5, 0.6) is 5.75 Å². The van der Waals surface area contributed by atoms with Gasteiger partial charge in [-0.25, -0.2) is 4.98 Å². The van der Waals surface area contributed by atoms with Crippen LogP contribution in [0.3, 0.4) is 0 Å². The highest BCUT2D eigenvalue weighted by molar-refractivity contribution is 6.29. The SMILES string of the molecule is Cc1cc(O)ccc1C(=O)Nc1cncc(Cl)n1. The van der Waals surface area contributed by atoms with Crippen LogP contribution in [0.2, 0.25) is 5.15 Å². The summed E-state index contributed by atoms with van der Waals surface area (Å²) >= 11 is 5.67. The largest absolute Gasteiger partial charge is 0.508 e. The van der Waals surface area contributed by atoms with E-state index in [-0.39, 0.29) is 22.6 Å². The Kier molecular flexibility index (Phi) is 3.43. The Morgan fingerprint density at radius 2 is 2.17 bits per heavy atom. The molecule has 0 saturated carbocycles. The van der Waals surface area contributed by atoms with Crippen LogP contribution in [-0.4, -0.2) is 21.0 Å². The predicted octanol–water partition coefficient (Wildman–Crippen LogP) is 2.40. The maximum absolute atomic E-state index is 12.0. The molecule has 6 heteroatoms. The van der Waals surface area contributed by atoms with Gasteiger partial charge >= 0.3 is 0 Å². The molecule has 0 unspecified atom stereocenters. The molecule has 18 heavy (non-hydrogen) atoms. The number of phenolic OH excluding ortho intramolecular Hbond substituents is 1. The smallest absolute Gasteiger partial charge is 0.257 e. The molecule has 0 fully saturated rings. The molecule has 1 amide bonds. The first-order valence-electron chi connectivity index (χ1n) is 5.15. The van der Waals surface area contributed by atoms with Crippen molar-refractivity contribution in [2.24, 2.45) is 0 Å². The number of carbonyl (C=O) groups is 1. The van der Waals surface area contributed by atoms with Crippen molar-refractivity contribution in [3.8, 4) is 5.75 Å². The number of nitrogens with one attached hydrogen (secondary N) is 1. The van der Waals surface area contributed by atoms with Crippen LogP contribution in [0.25, 0.3) is 0 Å². The summed E-state index contributed by atoms with van der Waals surface area (Å²) in [5, 5.41) is 12.1. The molecule has 5 nitrogen and oxygen atoms in total. The fourth-order valence-electron chi connectivity index (χ4n) is 1.49. The van der Waals surface area contributed by atoms with E-state index in [1.807, 2.05) is 0 Å². The van der Waals surface area contributed by atoms with Crippen molar-refractivity contribution in [3.05, 3.63) is 46.9 Å². The summed E-state index contributed by atoms with van der Waals surface area (Å²) in [4.78, 5) is 19.7. The summed E-state index contributed by atoms with van der Waals surface area (Å²) < 4.78 is 0. The van der Waals surface area contributed by atoms with Crippen LogP contribution < -0.4 is 5.32 Å². The summed E-state index contributed by atoms with van der Waals surface area (Å²) in [5.41, 5.74) is 1.12. The van der Waals surface area contributed by atoms with Gasteiger partial charge in [-0.15, -0.1) is 0 Å². The fraction of sp³-hybridized carbons (Fsp3) is 0.0833. The van der Waals surface area contributed by atoms with Crippen molar-refractivity contribution in [3.63, 3.8) is 0 Å². The minimum absolute atomic E-state index is 0.117. The van der Waals surface area contributed by atoms with Gasteiger partial charge in [0.25, 0.3) is 5.91 Å². The normalized spacial score (nSPS) is 10.1. The monoisotopic (exact) mass is 263 g/mol. The molecule has 0 atom stereocenters. The highest BCUT2D eigenvalue weighted by Gasteiger charge is 2.10. The van der Waals surface area contributed by atoms with Gasteiger partial charge in [-0.1, -0.05) is 11.6 Å². The molecule has 2 N–H and O–H groups in total. The number of carbonyl (C=O) groups excluding carboxylic acids is 1. The maximum atomic E-state index is 12.0. The van der Waals surface area contributed by atoms with E-state index in [9.17, 15) is 9.90 Å². The van der Waals surface area contributed by atoms with Crippen LogP contribution in [0.15, 0.2) is 30.6 Å². The number of aromatic hydroxyl groups is 1. The Morgan fingerprint density at radius 3 is 2.83 bits per heavy atom. The Balaban J connectivity index is 2.22. The number of phenols is 1. The first kappa shape index (κ1) is 12.3. The zero-order chi connectivity index (χ0) is 13.1. The molecule has 0 spiro atoms. The van der Waals surface area contributed by atoms with Crippen molar-refractivity contribution < 1.29 is 9.90 Å². The fourth-order valence-corrected chi connectivity index (χ4v) is 1.64. The quantitative estimate of drug-likeness (QED) is 0.872. The molecule has 1 heterocycles. The van der Waals surface area contributed by atoms with Gasteiger partial charge in [-0.05, 0) is 30.7 Å². The van der Waals surface area contributed by atoms with Gasteiger partial charge in [0.15, 0.2) is 5.82 Å². The number of nitrogens with zero attached hydrogens (tertiary/aromatic N) is 2. The second-order valence-corrected chi connectivity index (χ2v) is 4.07. The molecule has 0 radical (unpaired) electrons. The second kappa shape index (κ2) is 5.01. The molecule has 0 aliphatic carbocycles. The number of benzene rings is 1. The Morgan fingerprint density at radius 1 is 1.39 bits per heavy atom. The van der Waals surface area contributed by atoms with E-state index >= 15 is 0 Å². The molecular formula is C12H10ClN3O2. The highest BCUT2D eigenvalue weighted by Crippen LogP contribution is 2.17. The van der Waals surface area contributed by atoms with Crippen molar-refractivity contribution in [1.29, 1.82) is 0 Å². The Hall–Kier alpha value is -2.14. The topological polar surface area (TPSA) is 75.1 Å². The van der Waals surface area contributed by atoms with E-state index in [0.717, 1.165) is 0 Å². The van der Waals surface area contributed by atoms with Gasteiger partial charge in [0.2, 0.25) is 0 Å². The lowest BCUT2D eigenvalue weighted by atomic mass is 10.1. The van der Waals surface area contributed by atoms with Gasteiger partial charge in [0, 0.05) is 5.56 Å². The number of amides is 1. The molecule has 2 aromatic rings. The first-order chi connectivity index (χ1) is 8.56. The lowest BCUT2D eigenvalue weighted by molar-refractivity contribution is 0.102. The molecule has 1 aromatic heterocycles. The second-order valence-electron chi connectivity index (χ2n) is 3.68. The van der Waals surface area contributed by atoms with E-state index < -0.39 is 0 Å². The van der Waals surface area contributed by atoms with Crippen LogP contribution in [0, 0.1) is 6.92 Å². The summed E-state index contributed by atoms with van der Waals surface area (Å²) in [5.74, 6) is 0.0654. The average molecular weight is 264 g/mol. The molecule has 1 aromatic carbocycles. The number of rotatable bonds is 2. The average Bonchev–Trinajstić information content (AvgIpc) is 2.28. The van der Waals surface area contributed by atoms with E-state index in [4.69, 9.17) is 11.6 Å². The zero-order valence-corrected chi connectivity index (χ0v) is 10.3. The summed E-state index contributed by atoms with van der Waals surface area (Å²) in [7, 11) is 0. The Bertz CT molecular complexity index is 602. The van der Waals surface area contributed by atoms with Crippen LogP contribution in [0.4, 0.5) is 5.82 Å². The van der Waals surface area contributed by atoms with Crippen LogP contribution >= 0.6 is 11.6 Å². The molecule has 2 rings (SSSR count). The van der Waals surface area contributed by atoms with Crippen molar-refractivity contribution in [1.82, 2.24) is 9.97 Å². The number of anilines is 1. The van der Waals surface area contributed by atoms with Gasteiger partial charge in [-0.2, -0.15) is 0 Å². The number of halogens is 1. The van der Waals surface area contributed by atoms with Crippen molar-refractivity contribution in [2.45, 2.75) is 6.92 Å². The maximum Gasteiger partial charge on any atom is 0.257 e. The zero-order valence-electron chi connectivity index (χ0n) is 9.51. The molecule has 92 valence electrons. The summed E-state index contributed by atoms with van der Waals surface area (Å²) in [6.45, 7) is 1.73.